The topological polar surface area (TPSA) is 21.3 Å². The van der Waals surface area contributed by atoms with Crippen LogP contribution in [0.4, 0.5) is 0 Å². The average molecular weight is 276 g/mol. The number of halogens is 2. The van der Waals surface area contributed by atoms with Crippen molar-refractivity contribution in [1.29, 1.82) is 0 Å². The summed E-state index contributed by atoms with van der Waals surface area (Å²) < 4.78 is 5.28. The molecule has 0 fully saturated rings. The van der Waals surface area contributed by atoms with Gasteiger partial charge in [-0.2, -0.15) is 0 Å². The van der Waals surface area contributed by atoms with Crippen LogP contribution in [0.5, 0.6) is 0 Å². The Hall–Kier alpha value is -0.280. The first-order chi connectivity index (χ1) is 8.06. The van der Waals surface area contributed by atoms with Crippen LogP contribution in [0.15, 0.2) is 18.2 Å². The van der Waals surface area contributed by atoms with Crippen LogP contribution in [0.3, 0.4) is 0 Å². The van der Waals surface area contributed by atoms with E-state index in [-0.39, 0.29) is 6.10 Å². The lowest BCUT2D eigenvalue weighted by Crippen LogP contribution is -2.31. The Kier molecular flexibility index (Phi) is 6.28. The lowest BCUT2D eigenvalue weighted by atomic mass is 10.0. The van der Waals surface area contributed by atoms with Crippen molar-refractivity contribution in [1.82, 2.24) is 5.32 Å². The van der Waals surface area contributed by atoms with E-state index in [9.17, 15) is 0 Å². The van der Waals surface area contributed by atoms with E-state index in [2.05, 4.69) is 12.2 Å². The summed E-state index contributed by atoms with van der Waals surface area (Å²) in [5.74, 6) is 0. The number of hydrogen-bond acceptors (Lipinski definition) is 2. The van der Waals surface area contributed by atoms with Crippen molar-refractivity contribution in [3.63, 3.8) is 0 Å². The second kappa shape index (κ2) is 7.22. The Labute approximate surface area is 113 Å². The van der Waals surface area contributed by atoms with E-state index in [4.69, 9.17) is 27.9 Å². The van der Waals surface area contributed by atoms with E-state index in [1.165, 1.54) is 0 Å². The van der Waals surface area contributed by atoms with E-state index in [0.717, 1.165) is 23.4 Å². The minimum Gasteiger partial charge on any atom is -0.382 e. The Bertz CT molecular complexity index is 357. The summed E-state index contributed by atoms with van der Waals surface area (Å²) in [7, 11) is 3.68. The molecule has 1 aromatic carbocycles. The molecule has 0 aliphatic heterocycles. The monoisotopic (exact) mass is 275 g/mol. The summed E-state index contributed by atoms with van der Waals surface area (Å²) in [6, 6.07) is 5.98. The summed E-state index contributed by atoms with van der Waals surface area (Å²) >= 11 is 12.0. The Balaban J connectivity index is 2.67. The van der Waals surface area contributed by atoms with Crippen LogP contribution in [0.2, 0.25) is 10.0 Å². The zero-order chi connectivity index (χ0) is 12.8. The molecular weight excluding hydrogens is 257 g/mol. The molecule has 0 radical (unpaired) electrons. The van der Waals surface area contributed by atoms with Gasteiger partial charge in [-0.15, -0.1) is 0 Å². The Morgan fingerprint density at radius 2 is 2.06 bits per heavy atom. The number of nitrogens with one attached hydrogen (secondary N) is 1. The second-order valence-corrected chi connectivity index (χ2v) is 5.05. The summed E-state index contributed by atoms with van der Waals surface area (Å²) in [6.45, 7) is 2.06. The Morgan fingerprint density at radius 3 is 2.59 bits per heavy atom. The second-order valence-electron chi connectivity index (χ2n) is 4.21. The van der Waals surface area contributed by atoms with Crippen LogP contribution in [0.25, 0.3) is 0 Å². The smallest absolute Gasteiger partial charge is 0.0558 e. The van der Waals surface area contributed by atoms with Gasteiger partial charge in [0, 0.05) is 23.2 Å². The summed E-state index contributed by atoms with van der Waals surface area (Å²) in [4.78, 5) is 0. The molecule has 1 rings (SSSR count). The fourth-order valence-electron chi connectivity index (χ4n) is 1.75. The van der Waals surface area contributed by atoms with E-state index in [0.29, 0.717) is 11.1 Å². The van der Waals surface area contributed by atoms with Crippen LogP contribution in [-0.4, -0.2) is 26.3 Å². The third kappa shape index (κ3) is 4.84. The largest absolute Gasteiger partial charge is 0.382 e. The Morgan fingerprint density at radius 1 is 1.35 bits per heavy atom. The first-order valence-electron chi connectivity index (χ1n) is 5.70. The lowest BCUT2D eigenvalue weighted by Gasteiger charge is -2.20. The molecule has 0 saturated carbocycles. The molecule has 17 heavy (non-hydrogen) atoms. The number of ether oxygens (including phenoxy) is 1. The fourth-order valence-corrected chi connectivity index (χ4v) is 2.24. The van der Waals surface area contributed by atoms with Crippen LogP contribution in [0, 0.1) is 0 Å². The maximum absolute atomic E-state index is 6.16. The van der Waals surface area contributed by atoms with Gasteiger partial charge in [0.15, 0.2) is 0 Å². The van der Waals surface area contributed by atoms with Crippen LogP contribution in [-0.2, 0) is 11.2 Å². The van der Waals surface area contributed by atoms with Gasteiger partial charge in [0.1, 0.15) is 0 Å². The SMILES string of the molecule is CNC(Cc1ccc(Cl)cc1Cl)CC(C)OC. The minimum absolute atomic E-state index is 0.235. The summed E-state index contributed by atoms with van der Waals surface area (Å²) in [5.41, 5.74) is 1.11. The highest BCUT2D eigenvalue weighted by Gasteiger charge is 2.13. The van der Waals surface area contributed by atoms with Gasteiger partial charge in [-0.3, -0.25) is 0 Å². The number of benzene rings is 1. The molecule has 0 bridgehead atoms. The van der Waals surface area contributed by atoms with Crippen molar-refractivity contribution in [2.24, 2.45) is 0 Å². The number of likely N-dealkylation sites (N-methyl/N-ethyl adjacent to an activating group) is 1. The summed E-state index contributed by atoms with van der Waals surface area (Å²) in [5, 5.41) is 4.68. The van der Waals surface area contributed by atoms with Crippen LogP contribution < -0.4 is 5.32 Å². The molecule has 0 saturated heterocycles. The molecule has 2 atom stereocenters. The molecule has 96 valence electrons. The van der Waals surface area contributed by atoms with Crippen LogP contribution >= 0.6 is 23.2 Å². The highest BCUT2D eigenvalue weighted by molar-refractivity contribution is 6.35. The third-order valence-corrected chi connectivity index (χ3v) is 3.50. The van der Waals surface area contributed by atoms with Gasteiger partial charge in [-0.1, -0.05) is 29.3 Å². The molecule has 0 aliphatic rings. The van der Waals surface area contributed by atoms with Crippen molar-refractivity contribution >= 4 is 23.2 Å². The highest BCUT2D eigenvalue weighted by atomic mass is 35.5. The standard InChI is InChI=1S/C13H19Cl2NO/c1-9(17-3)6-12(16-2)7-10-4-5-11(14)8-13(10)15/h4-5,8-9,12,16H,6-7H2,1-3H3. The van der Waals surface area contributed by atoms with E-state index < -0.39 is 0 Å². The van der Waals surface area contributed by atoms with Crippen LogP contribution in [0.1, 0.15) is 18.9 Å². The van der Waals surface area contributed by atoms with Crippen molar-refractivity contribution in [2.75, 3.05) is 14.2 Å². The fraction of sp³-hybridized carbons (Fsp3) is 0.538. The average Bonchev–Trinajstić information content (AvgIpc) is 2.31. The molecule has 4 heteroatoms. The van der Waals surface area contributed by atoms with E-state index in [1.54, 1.807) is 13.2 Å². The molecule has 2 unspecified atom stereocenters. The summed E-state index contributed by atoms with van der Waals surface area (Å²) in [6.07, 6.45) is 2.06. The molecular formula is C13H19Cl2NO. The van der Waals surface area contributed by atoms with Gasteiger partial charge in [0.25, 0.3) is 0 Å². The molecule has 1 aromatic rings. The lowest BCUT2D eigenvalue weighted by molar-refractivity contribution is 0.101. The normalized spacial score (nSPS) is 14.6. The molecule has 2 nitrogen and oxygen atoms in total. The number of hydrogen-bond donors (Lipinski definition) is 1. The van der Waals surface area contributed by atoms with Gasteiger partial charge >= 0.3 is 0 Å². The van der Waals surface area contributed by atoms with Gasteiger partial charge in [-0.25, -0.2) is 0 Å². The van der Waals surface area contributed by atoms with Crippen molar-refractivity contribution in [3.05, 3.63) is 33.8 Å². The first kappa shape index (κ1) is 14.8. The van der Waals surface area contributed by atoms with E-state index >= 15 is 0 Å². The molecule has 0 aliphatic carbocycles. The minimum atomic E-state index is 0.235. The molecule has 0 amide bonds. The third-order valence-electron chi connectivity index (χ3n) is 2.91. The van der Waals surface area contributed by atoms with Gasteiger partial charge in [-0.05, 0) is 44.5 Å². The van der Waals surface area contributed by atoms with Gasteiger partial charge in [0.2, 0.25) is 0 Å². The first-order valence-corrected chi connectivity index (χ1v) is 6.46. The quantitative estimate of drug-likeness (QED) is 0.858. The number of rotatable bonds is 6. The number of methoxy groups -OCH3 is 1. The predicted octanol–water partition coefficient (Wildman–Crippen LogP) is 3.55. The molecule has 1 N–H and O–H groups in total. The van der Waals surface area contributed by atoms with Crippen molar-refractivity contribution < 1.29 is 4.74 Å². The predicted molar refractivity (Wildman–Crippen MR) is 74.1 cm³/mol. The van der Waals surface area contributed by atoms with Gasteiger partial charge < -0.3 is 10.1 Å². The zero-order valence-electron chi connectivity index (χ0n) is 10.5. The highest BCUT2D eigenvalue weighted by Crippen LogP contribution is 2.22. The van der Waals surface area contributed by atoms with Gasteiger partial charge in [0.05, 0.1) is 6.10 Å². The maximum atomic E-state index is 6.16. The maximum Gasteiger partial charge on any atom is 0.0558 e. The molecule has 0 aromatic heterocycles. The molecule has 0 spiro atoms. The zero-order valence-corrected chi connectivity index (χ0v) is 12.0. The van der Waals surface area contributed by atoms with E-state index in [1.807, 2.05) is 19.2 Å². The molecule has 0 heterocycles. The van der Waals surface area contributed by atoms with Crippen molar-refractivity contribution in [3.8, 4) is 0 Å². The van der Waals surface area contributed by atoms with Crippen molar-refractivity contribution in [2.45, 2.75) is 31.9 Å².